The van der Waals surface area contributed by atoms with Crippen molar-refractivity contribution in [2.24, 2.45) is 0 Å². The molecule has 1 aromatic heterocycles. The molecule has 0 spiro atoms. The molecule has 76 valence electrons. The van der Waals surface area contributed by atoms with Crippen LogP contribution in [-0.4, -0.2) is 16.1 Å². The Labute approximate surface area is 91.3 Å². The third kappa shape index (κ3) is 2.08. The fraction of sp³-hybridized carbons (Fsp3) is 0.143. The molecule has 3 N–H and O–H groups in total. The Morgan fingerprint density at radius 1 is 1.64 bits per heavy atom. The number of hydrogen-bond acceptors (Lipinski definition) is 3. The number of hydrogen-bond donors (Lipinski definition) is 2. The van der Waals surface area contributed by atoms with Crippen LogP contribution in [0.3, 0.4) is 0 Å². The van der Waals surface area contributed by atoms with Gasteiger partial charge in [-0.25, -0.2) is 18.6 Å². The number of anilines is 1. The molecule has 4 nitrogen and oxygen atoms in total. The third-order valence-electron chi connectivity index (χ3n) is 1.46. The number of aromatic nitrogens is 1. The maximum atomic E-state index is 12.3. The first-order valence-electron chi connectivity index (χ1n) is 3.41. The molecule has 0 atom stereocenters. The van der Waals surface area contributed by atoms with Gasteiger partial charge >= 0.3 is 5.97 Å². The first-order chi connectivity index (χ1) is 6.43. The minimum absolute atomic E-state index is 0.175. The zero-order chi connectivity index (χ0) is 10.9. The van der Waals surface area contributed by atoms with Crippen molar-refractivity contribution in [2.75, 3.05) is 5.73 Å². The second-order valence-electron chi connectivity index (χ2n) is 2.39. The van der Waals surface area contributed by atoms with Gasteiger partial charge in [-0.1, -0.05) is 0 Å². The zero-order valence-electron chi connectivity index (χ0n) is 6.67. The van der Waals surface area contributed by atoms with E-state index in [-0.39, 0.29) is 9.26 Å². The second kappa shape index (κ2) is 4.03. The monoisotopic (exact) mass is 314 g/mol. The van der Waals surface area contributed by atoms with E-state index in [1.54, 1.807) is 22.6 Å². The van der Waals surface area contributed by atoms with Gasteiger partial charge in [-0.15, -0.1) is 0 Å². The highest BCUT2D eigenvalue weighted by Gasteiger charge is 2.19. The Balaban J connectivity index is 3.35. The predicted octanol–water partition coefficient (Wildman–Crippen LogP) is 1.90. The normalized spacial score (nSPS) is 10.6. The first kappa shape index (κ1) is 11.1. The highest BCUT2D eigenvalue weighted by Crippen LogP contribution is 2.27. The molecular formula is C7H5F2IN2O2. The summed E-state index contributed by atoms with van der Waals surface area (Å²) in [7, 11) is 0. The number of nitrogens with zero attached hydrogens (tertiary/aromatic N) is 1. The summed E-state index contributed by atoms with van der Waals surface area (Å²) in [5.74, 6) is -1.36. The lowest BCUT2D eigenvalue weighted by molar-refractivity contribution is 0.0688. The second-order valence-corrected chi connectivity index (χ2v) is 3.56. The number of aromatic carboxylic acids is 1. The number of rotatable bonds is 2. The van der Waals surface area contributed by atoms with E-state index < -0.39 is 23.8 Å². The highest BCUT2D eigenvalue weighted by atomic mass is 127. The minimum Gasteiger partial charge on any atom is -0.477 e. The van der Waals surface area contributed by atoms with E-state index in [0.29, 0.717) is 0 Å². The molecular weight excluding hydrogens is 309 g/mol. The van der Waals surface area contributed by atoms with Crippen molar-refractivity contribution in [2.45, 2.75) is 6.43 Å². The topological polar surface area (TPSA) is 76.2 Å². The van der Waals surface area contributed by atoms with Gasteiger partial charge in [0.2, 0.25) is 0 Å². The summed E-state index contributed by atoms with van der Waals surface area (Å²) >= 11 is 1.68. The first-order valence-corrected chi connectivity index (χ1v) is 4.48. The summed E-state index contributed by atoms with van der Waals surface area (Å²) < 4.78 is 24.9. The quantitative estimate of drug-likeness (QED) is 0.818. The molecule has 1 aromatic rings. The number of halogens is 3. The lowest BCUT2D eigenvalue weighted by Crippen LogP contribution is -2.08. The van der Waals surface area contributed by atoms with Crippen LogP contribution in [-0.2, 0) is 0 Å². The van der Waals surface area contributed by atoms with E-state index >= 15 is 0 Å². The summed E-state index contributed by atoms with van der Waals surface area (Å²) in [5, 5.41) is 8.55. The molecule has 0 unspecified atom stereocenters. The van der Waals surface area contributed by atoms with E-state index in [4.69, 9.17) is 10.8 Å². The van der Waals surface area contributed by atoms with E-state index in [2.05, 4.69) is 4.98 Å². The van der Waals surface area contributed by atoms with Crippen LogP contribution in [0.4, 0.5) is 14.5 Å². The number of pyridine rings is 1. The van der Waals surface area contributed by atoms with E-state index in [1.807, 2.05) is 0 Å². The van der Waals surface area contributed by atoms with Crippen LogP contribution in [0.2, 0.25) is 0 Å². The molecule has 0 fully saturated rings. The average molecular weight is 314 g/mol. The molecule has 14 heavy (non-hydrogen) atoms. The Morgan fingerprint density at radius 3 is 2.64 bits per heavy atom. The van der Waals surface area contributed by atoms with Gasteiger partial charge in [-0.3, -0.25) is 0 Å². The van der Waals surface area contributed by atoms with Gasteiger partial charge in [-0.2, -0.15) is 0 Å². The Bertz CT molecular complexity index is 384. The number of nitrogens with two attached hydrogens (primary N) is 1. The summed E-state index contributed by atoms with van der Waals surface area (Å²) in [4.78, 5) is 13.7. The standard InChI is InChI=1S/C7H5F2IN2O2/c8-6(9)5-4(11)2(10)1-3(12-5)7(13)14/h1,6H,11H2,(H,13,14). The summed E-state index contributed by atoms with van der Waals surface area (Å²) in [6, 6.07) is 1.14. The molecule has 0 saturated carbocycles. The number of nitrogen functional groups attached to an aromatic ring is 1. The van der Waals surface area contributed by atoms with Crippen molar-refractivity contribution in [1.82, 2.24) is 4.98 Å². The third-order valence-corrected chi connectivity index (χ3v) is 2.36. The predicted molar refractivity (Wildman–Crippen MR) is 53.3 cm³/mol. The molecule has 1 heterocycles. The lowest BCUT2D eigenvalue weighted by atomic mass is 10.2. The van der Waals surface area contributed by atoms with Crippen LogP contribution in [0.5, 0.6) is 0 Å². The number of carboxylic acid groups (broad SMARTS) is 1. The van der Waals surface area contributed by atoms with Crippen molar-refractivity contribution in [1.29, 1.82) is 0 Å². The molecule has 0 aromatic carbocycles. The largest absolute Gasteiger partial charge is 0.477 e. The molecule has 1 rings (SSSR count). The maximum absolute atomic E-state index is 12.3. The molecule has 0 radical (unpaired) electrons. The van der Waals surface area contributed by atoms with Crippen molar-refractivity contribution in [3.63, 3.8) is 0 Å². The molecule has 0 aliphatic heterocycles. The molecule has 0 aliphatic carbocycles. The SMILES string of the molecule is Nc1c(I)cc(C(=O)O)nc1C(F)F. The van der Waals surface area contributed by atoms with Gasteiger partial charge in [0, 0.05) is 3.57 Å². The van der Waals surface area contributed by atoms with Crippen LogP contribution < -0.4 is 5.73 Å². The van der Waals surface area contributed by atoms with E-state index in [9.17, 15) is 13.6 Å². The Hall–Kier alpha value is -0.990. The number of alkyl halides is 2. The fourth-order valence-corrected chi connectivity index (χ4v) is 1.39. The Kier molecular flexibility index (Phi) is 3.19. The highest BCUT2D eigenvalue weighted by molar-refractivity contribution is 14.1. The van der Waals surface area contributed by atoms with Gasteiger partial charge in [-0.05, 0) is 28.7 Å². The van der Waals surface area contributed by atoms with Crippen molar-refractivity contribution in [3.8, 4) is 0 Å². The molecule has 0 aliphatic rings. The summed E-state index contributed by atoms with van der Waals surface area (Å²) in [5.41, 5.74) is 4.02. The summed E-state index contributed by atoms with van der Waals surface area (Å²) in [6.07, 6.45) is -2.87. The van der Waals surface area contributed by atoms with Gasteiger partial charge in [0.25, 0.3) is 6.43 Å². The number of carboxylic acids is 1. The smallest absolute Gasteiger partial charge is 0.354 e. The summed E-state index contributed by atoms with van der Waals surface area (Å²) in [6.45, 7) is 0. The van der Waals surface area contributed by atoms with Crippen molar-refractivity contribution in [3.05, 3.63) is 21.0 Å². The molecule has 7 heteroatoms. The van der Waals surface area contributed by atoms with Crippen LogP contribution in [0.25, 0.3) is 0 Å². The molecule has 0 amide bonds. The van der Waals surface area contributed by atoms with E-state index in [1.165, 1.54) is 0 Å². The van der Waals surface area contributed by atoms with Gasteiger partial charge in [0.15, 0.2) is 0 Å². The number of carbonyl (C=O) groups is 1. The van der Waals surface area contributed by atoms with Gasteiger partial charge < -0.3 is 10.8 Å². The van der Waals surface area contributed by atoms with Crippen LogP contribution in [0.1, 0.15) is 22.6 Å². The molecule has 0 bridgehead atoms. The molecule has 0 saturated heterocycles. The van der Waals surface area contributed by atoms with Crippen LogP contribution in [0, 0.1) is 3.57 Å². The van der Waals surface area contributed by atoms with E-state index in [0.717, 1.165) is 6.07 Å². The van der Waals surface area contributed by atoms with Crippen LogP contribution in [0.15, 0.2) is 6.07 Å². The van der Waals surface area contributed by atoms with Gasteiger partial charge in [0.1, 0.15) is 11.4 Å². The van der Waals surface area contributed by atoms with Crippen molar-refractivity contribution >= 4 is 34.2 Å². The average Bonchev–Trinajstić information content (AvgIpc) is 2.08. The Morgan fingerprint density at radius 2 is 2.21 bits per heavy atom. The fourth-order valence-electron chi connectivity index (χ4n) is 0.818. The zero-order valence-corrected chi connectivity index (χ0v) is 8.83. The maximum Gasteiger partial charge on any atom is 0.354 e. The van der Waals surface area contributed by atoms with Crippen LogP contribution >= 0.6 is 22.6 Å². The van der Waals surface area contributed by atoms with Gasteiger partial charge in [0.05, 0.1) is 5.69 Å². The van der Waals surface area contributed by atoms with Crippen molar-refractivity contribution < 1.29 is 18.7 Å². The lowest BCUT2D eigenvalue weighted by Gasteiger charge is -2.06. The minimum atomic E-state index is -2.87.